The molecule has 2 aromatic rings. The second-order valence-corrected chi connectivity index (χ2v) is 10.3. The Morgan fingerprint density at radius 3 is 1.89 bits per heavy atom. The Labute approximate surface area is 211 Å². The standard InChI is InChI=1S/C31H42O4/c1-3-5-23-6-8-24(9-7-23)25-10-12-26(13-11-25)27-14-18-29(19-15-27)33-22-34-30-20-16-28(17-21-30)31(4-2)35-32/h4,6-13,27-32H,2-3,5,14-22H2,1H3. The fraction of sp³-hybridized carbons (Fsp3) is 0.548. The lowest BCUT2D eigenvalue weighted by Crippen LogP contribution is -2.30. The van der Waals surface area contributed by atoms with Gasteiger partial charge in [-0.25, -0.2) is 4.89 Å². The van der Waals surface area contributed by atoms with Crippen molar-refractivity contribution in [1.29, 1.82) is 0 Å². The van der Waals surface area contributed by atoms with Gasteiger partial charge < -0.3 is 9.47 Å². The molecule has 0 saturated heterocycles. The molecular weight excluding hydrogens is 436 g/mol. The summed E-state index contributed by atoms with van der Waals surface area (Å²) in [7, 11) is 0. The molecule has 0 radical (unpaired) electrons. The van der Waals surface area contributed by atoms with Crippen LogP contribution in [0.3, 0.4) is 0 Å². The van der Waals surface area contributed by atoms with Crippen molar-refractivity contribution in [3.8, 4) is 11.1 Å². The zero-order valence-corrected chi connectivity index (χ0v) is 21.2. The molecular formula is C31H42O4. The third-order valence-corrected chi connectivity index (χ3v) is 8.03. The molecule has 2 saturated carbocycles. The molecule has 4 rings (SSSR count). The number of hydrogen-bond acceptors (Lipinski definition) is 4. The molecule has 0 spiro atoms. The van der Waals surface area contributed by atoms with Gasteiger partial charge in [0.15, 0.2) is 0 Å². The summed E-state index contributed by atoms with van der Waals surface area (Å²) in [4.78, 5) is 4.53. The second-order valence-electron chi connectivity index (χ2n) is 10.3. The normalized spacial score (nSPS) is 25.8. The summed E-state index contributed by atoms with van der Waals surface area (Å²) < 4.78 is 12.1. The van der Waals surface area contributed by atoms with Crippen LogP contribution in [-0.2, 0) is 20.8 Å². The minimum Gasteiger partial charge on any atom is -0.352 e. The molecule has 2 aliphatic carbocycles. The van der Waals surface area contributed by atoms with Crippen LogP contribution in [-0.4, -0.2) is 30.4 Å². The molecule has 2 aromatic carbocycles. The zero-order valence-electron chi connectivity index (χ0n) is 21.2. The molecule has 2 aliphatic rings. The van der Waals surface area contributed by atoms with Gasteiger partial charge in [-0.15, -0.1) is 6.58 Å². The second kappa shape index (κ2) is 13.4. The number of rotatable bonds is 11. The first kappa shape index (κ1) is 26.1. The highest BCUT2D eigenvalue weighted by Gasteiger charge is 2.28. The van der Waals surface area contributed by atoms with E-state index in [1.54, 1.807) is 6.08 Å². The van der Waals surface area contributed by atoms with Crippen molar-refractivity contribution in [3.05, 3.63) is 72.3 Å². The predicted octanol–water partition coefficient (Wildman–Crippen LogP) is 7.93. The van der Waals surface area contributed by atoms with Gasteiger partial charge in [-0.3, -0.25) is 5.26 Å². The minimum atomic E-state index is -0.268. The lowest BCUT2D eigenvalue weighted by atomic mass is 9.82. The van der Waals surface area contributed by atoms with Crippen LogP contribution >= 0.6 is 0 Å². The van der Waals surface area contributed by atoms with Gasteiger partial charge in [0.1, 0.15) is 12.9 Å². The highest BCUT2D eigenvalue weighted by molar-refractivity contribution is 5.64. The van der Waals surface area contributed by atoms with Crippen LogP contribution in [0, 0.1) is 5.92 Å². The molecule has 190 valence electrons. The van der Waals surface area contributed by atoms with E-state index in [2.05, 4.69) is 66.9 Å². The molecule has 0 aliphatic heterocycles. The van der Waals surface area contributed by atoms with Crippen molar-refractivity contribution in [2.45, 2.75) is 95.4 Å². The Balaban J connectivity index is 1.16. The molecule has 0 bridgehead atoms. The van der Waals surface area contributed by atoms with Crippen molar-refractivity contribution in [2.75, 3.05) is 6.79 Å². The first-order valence-electron chi connectivity index (χ1n) is 13.6. The van der Waals surface area contributed by atoms with Gasteiger partial charge in [-0.1, -0.05) is 68.0 Å². The van der Waals surface area contributed by atoms with Crippen LogP contribution in [0.15, 0.2) is 61.2 Å². The molecule has 1 unspecified atom stereocenters. The molecule has 35 heavy (non-hydrogen) atoms. The van der Waals surface area contributed by atoms with Gasteiger partial charge in [-0.2, -0.15) is 0 Å². The lowest BCUT2D eigenvalue weighted by molar-refractivity contribution is -0.279. The summed E-state index contributed by atoms with van der Waals surface area (Å²) in [6, 6.07) is 18.2. The van der Waals surface area contributed by atoms with Gasteiger partial charge in [0.2, 0.25) is 0 Å². The van der Waals surface area contributed by atoms with E-state index in [-0.39, 0.29) is 12.2 Å². The van der Waals surface area contributed by atoms with Gasteiger partial charge in [0, 0.05) is 0 Å². The predicted molar refractivity (Wildman–Crippen MR) is 141 cm³/mol. The van der Waals surface area contributed by atoms with E-state index in [1.807, 2.05) is 0 Å². The van der Waals surface area contributed by atoms with E-state index in [4.69, 9.17) is 14.7 Å². The Morgan fingerprint density at radius 2 is 1.37 bits per heavy atom. The Hall–Kier alpha value is -1.98. The largest absolute Gasteiger partial charge is 0.352 e. The molecule has 1 N–H and O–H groups in total. The molecule has 4 heteroatoms. The molecule has 2 fully saturated rings. The highest BCUT2D eigenvalue weighted by atomic mass is 17.1. The van der Waals surface area contributed by atoms with Gasteiger partial charge >= 0.3 is 0 Å². The Morgan fingerprint density at radius 1 is 0.829 bits per heavy atom. The number of hydrogen-bond donors (Lipinski definition) is 1. The Kier molecular flexibility index (Phi) is 9.96. The maximum atomic E-state index is 8.98. The SMILES string of the molecule is C=CC(OO)C1CCC(OCOC2CCC(c3ccc(-c4ccc(CCC)cc4)cc3)CC2)CC1. The summed E-state index contributed by atoms with van der Waals surface area (Å²) in [5.41, 5.74) is 5.46. The van der Waals surface area contributed by atoms with Gasteiger partial charge in [-0.05, 0) is 91.9 Å². The third kappa shape index (κ3) is 7.27. The van der Waals surface area contributed by atoms with E-state index in [0.29, 0.717) is 24.7 Å². The molecule has 1 atom stereocenters. The first-order valence-corrected chi connectivity index (χ1v) is 13.6. The van der Waals surface area contributed by atoms with E-state index in [0.717, 1.165) is 44.9 Å². The topological polar surface area (TPSA) is 47.9 Å². The molecule has 4 nitrogen and oxygen atoms in total. The zero-order chi connectivity index (χ0) is 24.5. The molecule has 0 aromatic heterocycles. The van der Waals surface area contributed by atoms with Crippen molar-refractivity contribution >= 4 is 0 Å². The smallest absolute Gasteiger partial charge is 0.147 e. The van der Waals surface area contributed by atoms with Crippen LogP contribution in [0.2, 0.25) is 0 Å². The number of aryl methyl sites for hydroxylation is 1. The summed E-state index contributed by atoms with van der Waals surface area (Å²) in [5.74, 6) is 0.951. The summed E-state index contributed by atoms with van der Waals surface area (Å²) in [6.45, 7) is 6.35. The average Bonchev–Trinajstić information content (AvgIpc) is 2.91. The minimum absolute atomic E-state index is 0.244. The van der Waals surface area contributed by atoms with Crippen molar-refractivity contribution in [1.82, 2.24) is 0 Å². The Bertz CT molecular complexity index is 875. The third-order valence-electron chi connectivity index (χ3n) is 8.03. The lowest BCUT2D eigenvalue weighted by Gasteiger charge is -2.32. The van der Waals surface area contributed by atoms with E-state index in [1.165, 1.54) is 41.5 Å². The van der Waals surface area contributed by atoms with E-state index < -0.39 is 0 Å². The first-order chi connectivity index (χ1) is 17.2. The average molecular weight is 479 g/mol. The highest BCUT2D eigenvalue weighted by Crippen LogP contribution is 2.35. The van der Waals surface area contributed by atoms with Crippen molar-refractivity contribution in [2.24, 2.45) is 5.92 Å². The quantitative estimate of drug-likeness (QED) is 0.154. The molecule has 0 amide bonds. The fourth-order valence-corrected chi connectivity index (χ4v) is 5.80. The van der Waals surface area contributed by atoms with Crippen LogP contribution < -0.4 is 0 Å². The monoisotopic (exact) mass is 478 g/mol. The number of ether oxygens (including phenoxy) is 2. The summed E-state index contributed by atoms with van der Waals surface area (Å²) in [5, 5.41) is 8.98. The van der Waals surface area contributed by atoms with Crippen molar-refractivity contribution in [3.63, 3.8) is 0 Å². The molecule has 0 heterocycles. The summed E-state index contributed by atoms with van der Waals surface area (Å²) >= 11 is 0. The van der Waals surface area contributed by atoms with Crippen LogP contribution in [0.1, 0.15) is 81.8 Å². The maximum absolute atomic E-state index is 8.98. The van der Waals surface area contributed by atoms with Gasteiger partial charge in [0.05, 0.1) is 12.2 Å². The van der Waals surface area contributed by atoms with E-state index in [9.17, 15) is 0 Å². The van der Waals surface area contributed by atoms with Crippen LogP contribution in [0.4, 0.5) is 0 Å². The van der Waals surface area contributed by atoms with Crippen LogP contribution in [0.5, 0.6) is 0 Å². The van der Waals surface area contributed by atoms with Crippen molar-refractivity contribution < 1.29 is 19.6 Å². The van der Waals surface area contributed by atoms with E-state index >= 15 is 0 Å². The fourth-order valence-electron chi connectivity index (χ4n) is 5.80. The maximum Gasteiger partial charge on any atom is 0.147 e. The van der Waals surface area contributed by atoms with Gasteiger partial charge in [0.25, 0.3) is 0 Å². The number of benzene rings is 2. The van der Waals surface area contributed by atoms with Crippen LogP contribution in [0.25, 0.3) is 11.1 Å². The summed E-state index contributed by atoms with van der Waals surface area (Å²) in [6.07, 6.45) is 12.8.